The van der Waals surface area contributed by atoms with Crippen LogP contribution in [0.5, 0.6) is 0 Å². The highest BCUT2D eigenvalue weighted by molar-refractivity contribution is 5.99. The molecule has 2 unspecified atom stereocenters. The van der Waals surface area contributed by atoms with Crippen LogP contribution in [0.25, 0.3) is 0 Å². The van der Waals surface area contributed by atoms with E-state index in [9.17, 15) is 14.4 Å². The normalized spacial score (nSPS) is 23.2. The van der Waals surface area contributed by atoms with Gasteiger partial charge in [0.15, 0.2) is 6.61 Å². The first-order chi connectivity index (χ1) is 12.4. The Kier molecular flexibility index (Phi) is 5.59. The van der Waals surface area contributed by atoms with Gasteiger partial charge in [-0.1, -0.05) is 24.6 Å². The van der Waals surface area contributed by atoms with E-state index in [1.54, 1.807) is 9.80 Å². The van der Waals surface area contributed by atoms with Gasteiger partial charge in [-0.25, -0.2) is 0 Å². The van der Waals surface area contributed by atoms with Gasteiger partial charge in [0, 0.05) is 31.7 Å². The summed E-state index contributed by atoms with van der Waals surface area (Å²) >= 11 is 0. The summed E-state index contributed by atoms with van der Waals surface area (Å²) in [4.78, 5) is 40.1. The highest BCUT2D eigenvalue weighted by Gasteiger charge is 2.36. The van der Waals surface area contributed by atoms with E-state index in [-0.39, 0.29) is 24.8 Å². The van der Waals surface area contributed by atoms with Crippen molar-refractivity contribution in [2.75, 3.05) is 31.1 Å². The Labute approximate surface area is 154 Å². The average Bonchev–Trinajstić information content (AvgIpc) is 3.02. The minimum absolute atomic E-state index is 0.0908. The summed E-state index contributed by atoms with van der Waals surface area (Å²) in [6, 6.07) is 7.63. The molecule has 0 radical (unpaired) electrons. The Hall–Kier alpha value is -2.37. The van der Waals surface area contributed by atoms with Crippen molar-refractivity contribution in [3.63, 3.8) is 0 Å². The molecule has 0 spiro atoms. The van der Waals surface area contributed by atoms with Gasteiger partial charge in [-0.2, -0.15) is 0 Å². The zero-order chi connectivity index (χ0) is 18.7. The van der Waals surface area contributed by atoms with Crippen molar-refractivity contribution in [1.29, 1.82) is 0 Å². The fraction of sp³-hybridized carbons (Fsp3) is 0.550. The third-order valence-electron chi connectivity index (χ3n) is 5.15. The highest BCUT2D eigenvalue weighted by atomic mass is 16.5. The number of aryl methyl sites for hydroxylation is 1. The van der Waals surface area contributed by atoms with Crippen molar-refractivity contribution in [3.05, 3.63) is 29.8 Å². The first-order valence-corrected chi connectivity index (χ1v) is 9.25. The second-order valence-corrected chi connectivity index (χ2v) is 7.44. The Morgan fingerprint density at radius 2 is 1.92 bits per heavy atom. The van der Waals surface area contributed by atoms with E-state index in [0.717, 1.165) is 37.2 Å². The number of nitrogens with zero attached hydrogens (tertiary/aromatic N) is 2. The van der Waals surface area contributed by atoms with Gasteiger partial charge in [0.1, 0.15) is 0 Å². The predicted octanol–water partition coefficient (Wildman–Crippen LogP) is 2.15. The average molecular weight is 358 g/mol. The number of carbonyl (C=O) groups excluding carboxylic acids is 3. The largest absolute Gasteiger partial charge is 0.455 e. The lowest BCUT2D eigenvalue weighted by Crippen LogP contribution is -2.41. The molecule has 3 rings (SSSR count). The quantitative estimate of drug-likeness (QED) is 0.774. The zero-order valence-electron chi connectivity index (χ0n) is 15.4. The van der Waals surface area contributed by atoms with Crippen molar-refractivity contribution < 1.29 is 19.1 Å². The number of amides is 2. The van der Waals surface area contributed by atoms with E-state index in [1.165, 1.54) is 0 Å². The van der Waals surface area contributed by atoms with Crippen molar-refractivity contribution >= 4 is 23.5 Å². The van der Waals surface area contributed by atoms with Gasteiger partial charge in [0.25, 0.3) is 5.91 Å². The van der Waals surface area contributed by atoms with Crippen LogP contribution in [-0.2, 0) is 19.1 Å². The standard InChI is InChI=1S/C20H26N2O4/c1-14-5-7-17(8-6-14)22-12-16(10-18(22)23)20(25)26-13-19(24)21-9-3-4-15(2)11-21/h5-8,15-16H,3-4,9-13H2,1-2H3. The second kappa shape index (κ2) is 7.89. The molecule has 2 aliphatic heterocycles. The number of rotatable bonds is 4. The Morgan fingerprint density at radius 1 is 1.19 bits per heavy atom. The van der Waals surface area contributed by atoms with E-state index < -0.39 is 11.9 Å². The molecule has 1 aromatic rings. The van der Waals surface area contributed by atoms with Gasteiger partial charge in [-0.15, -0.1) is 0 Å². The number of hydrogen-bond acceptors (Lipinski definition) is 4. The molecule has 2 aliphatic rings. The van der Waals surface area contributed by atoms with Crippen LogP contribution in [0, 0.1) is 18.8 Å². The van der Waals surface area contributed by atoms with Crippen LogP contribution < -0.4 is 4.90 Å². The molecule has 6 heteroatoms. The summed E-state index contributed by atoms with van der Waals surface area (Å²) in [5.41, 5.74) is 1.90. The van der Waals surface area contributed by atoms with Crippen molar-refractivity contribution in [1.82, 2.24) is 4.90 Å². The van der Waals surface area contributed by atoms with Gasteiger partial charge in [-0.05, 0) is 37.8 Å². The predicted molar refractivity (Wildman–Crippen MR) is 97.6 cm³/mol. The molecule has 2 atom stereocenters. The molecular formula is C20H26N2O4. The van der Waals surface area contributed by atoms with Crippen LogP contribution in [0.15, 0.2) is 24.3 Å². The molecule has 140 valence electrons. The fourth-order valence-corrected chi connectivity index (χ4v) is 3.60. The molecule has 0 bridgehead atoms. The van der Waals surface area contributed by atoms with Crippen molar-refractivity contribution in [3.8, 4) is 0 Å². The van der Waals surface area contributed by atoms with E-state index in [1.807, 2.05) is 31.2 Å². The van der Waals surface area contributed by atoms with Gasteiger partial charge in [0.05, 0.1) is 5.92 Å². The second-order valence-electron chi connectivity index (χ2n) is 7.44. The molecular weight excluding hydrogens is 332 g/mol. The summed E-state index contributed by atoms with van der Waals surface area (Å²) in [5.74, 6) is -0.737. The molecule has 0 aromatic heterocycles. The number of anilines is 1. The number of benzene rings is 1. The molecule has 0 N–H and O–H groups in total. The van der Waals surface area contributed by atoms with E-state index in [2.05, 4.69) is 6.92 Å². The number of hydrogen-bond donors (Lipinski definition) is 0. The van der Waals surface area contributed by atoms with Gasteiger partial charge >= 0.3 is 5.97 Å². The van der Waals surface area contributed by atoms with E-state index >= 15 is 0 Å². The minimum Gasteiger partial charge on any atom is -0.455 e. The van der Waals surface area contributed by atoms with Gasteiger partial charge in [0.2, 0.25) is 5.91 Å². The minimum atomic E-state index is -0.517. The number of likely N-dealkylation sites (tertiary alicyclic amines) is 1. The molecule has 2 heterocycles. The first-order valence-electron chi connectivity index (χ1n) is 9.25. The van der Waals surface area contributed by atoms with E-state index in [0.29, 0.717) is 12.5 Å². The van der Waals surface area contributed by atoms with Crippen LogP contribution >= 0.6 is 0 Å². The third-order valence-corrected chi connectivity index (χ3v) is 5.15. The van der Waals surface area contributed by atoms with E-state index in [4.69, 9.17) is 4.74 Å². The zero-order valence-corrected chi connectivity index (χ0v) is 15.4. The number of carbonyl (C=O) groups is 3. The van der Waals surface area contributed by atoms with Crippen LogP contribution in [0.3, 0.4) is 0 Å². The van der Waals surface area contributed by atoms with Gasteiger partial charge in [-0.3, -0.25) is 14.4 Å². The number of esters is 1. The Bertz CT molecular complexity index is 686. The molecule has 6 nitrogen and oxygen atoms in total. The first kappa shape index (κ1) is 18.4. The number of ether oxygens (including phenoxy) is 1. The highest BCUT2D eigenvalue weighted by Crippen LogP contribution is 2.26. The Morgan fingerprint density at radius 3 is 2.62 bits per heavy atom. The summed E-state index contributed by atoms with van der Waals surface area (Å²) in [7, 11) is 0. The third kappa shape index (κ3) is 4.23. The summed E-state index contributed by atoms with van der Waals surface area (Å²) in [5, 5.41) is 0. The van der Waals surface area contributed by atoms with Crippen LogP contribution in [0.2, 0.25) is 0 Å². The van der Waals surface area contributed by atoms with Crippen LogP contribution in [0.1, 0.15) is 31.7 Å². The monoisotopic (exact) mass is 358 g/mol. The lowest BCUT2D eigenvalue weighted by Gasteiger charge is -2.30. The van der Waals surface area contributed by atoms with Gasteiger partial charge < -0.3 is 14.5 Å². The fourth-order valence-electron chi connectivity index (χ4n) is 3.60. The lowest BCUT2D eigenvalue weighted by atomic mass is 10.0. The summed E-state index contributed by atoms with van der Waals surface area (Å²) in [6.07, 6.45) is 2.24. The van der Waals surface area contributed by atoms with Crippen LogP contribution in [-0.4, -0.2) is 48.9 Å². The molecule has 1 aromatic carbocycles. The molecule has 0 saturated carbocycles. The molecule has 2 amide bonds. The molecule has 0 aliphatic carbocycles. The SMILES string of the molecule is Cc1ccc(N2CC(C(=O)OCC(=O)N3CCCC(C)C3)CC2=O)cc1. The molecule has 2 fully saturated rings. The topological polar surface area (TPSA) is 66.9 Å². The summed E-state index contributed by atoms with van der Waals surface area (Å²) < 4.78 is 5.22. The Balaban J connectivity index is 1.51. The van der Waals surface area contributed by atoms with Crippen molar-refractivity contribution in [2.24, 2.45) is 11.8 Å². The smallest absolute Gasteiger partial charge is 0.311 e. The number of piperidine rings is 1. The molecule has 26 heavy (non-hydrogen) atoms. The van der Waals surface area contributed by atoms with Crippen LogP contribution in [0.4, 0.5) is 5.69 Å². The lowest BCUT2D eigenvalue weighted by molar-refractivity contribution is -0.155. The maximum absolute atomic E-state index is 12.3. The molecule has 2 saturated heterocycles. The summed E-state index contributed by atoms with van der Waals surface area (Å²) in [6.45, 7) is 5.62. The maximum atomic E-state index is 12.3. The maximum Gasteiger partial charge on any atom is 0.311 e. The van der Waals surface area contributed by atoms with Crippen molar-refractivity contribution in [2.45, 2.75) is 33.1 Å².